The molecule has 1 atom stereocenters. The van der Waals surface area contributed by atoms with Crippen LogP contribution in [0.2, 0.25) is 0 Å². The summed E-state index contributed by atoms with van der Waals surface area (Å²) in [5.41, 5.74) is -0.250. The largest absolute Gasteiger partial charge is 0.361 e. The highest BCUT2D eigenvalue weighted by atomic mass is 16.1. The zero-order chi connectivity index (χ0) is 16.5. The number of piperidine rings is 1. The van der Waals surface area contributed by atoms with Crippen LogP contribution in [0.15, 0.2) is 34.4 Å². The lowest BCUT2D eigenvalue weighted by Crippen LogP contribution is -2.45. The minimum atomic E-state index is -0.188. The van der Waals surface area contributed by atoms with E-state index in [1.165, 1.54) is 6.20 Å². The number of nitrogens with one attached hydrogen (secondary N) is 2. The fourth-order valence-corrected chi connectivity index (χ4v) is 3.21. The monoisotopic (exact) mass is 328 g/mol. The minimum Gasteiger partial charge on any atom is -0.361 e. The van der Waals surface area contributed by atoms with Gasteiger partial charge in [0.1, 0.15) is 0 Å². The zero-order valence-corrected chi connectivity index (χ0v) is 13.3. The molecule has 0 radical (unpaired) electrons. The van der Waals surface area contributed by atoms with E-state index in [2.05, 4.69) is 20.3 Å². The second-order valence-corrected chi connectivity index (χ2v) is 6.39. The Morgan fingerprint density at radius 1 is 1.17 bits per heavy atom. The molecule has 2 aromatic heterocycles. The molecule has 2 fully saturated rings. The molecular weight excluding hydrogens is 308 g/mol. The molecule has 1 saturated heterocycles. The maximum absolute atomic E-state index is 12.5. The van der Waals surface area contributed by atoms with Crippen LogP contribution in [0.4, 0.5) is 11.6 Å². The number of hydrogen-bond donors (Lipinski definition) is 2. The molecule has 3 heterocycles. The van der Waals surface area contributed by atoms with E-state index in [4.69, 9.17) is 0 Å². The van der Waals surface area contributed by atoms with E-state index in [0.717, 1.165) is 32.2 Å². The number of nitrogens with zero attached hydrogens (tertiary/aromatic N) is 4. The third-order valence-electron chi connectivity index (χ3n) is 4.56. The fraction of sp³-hybridized carbons (Fsp3) is 0.500. The van der Waals surface area contributed by atoms with Gasteiger partial charge in [0.15, 0.2) is 11.6 Å². The quantitative estimate of drug-likeness (QED) is 0.859. The normalized spacial score (nSPS) is 20.8. The Hall–Kier alpha value is -2.64. The molecule has 0 amide bonds. The Morgan fingerprint density at radius 2 is 2.04 bits per heavy atom. The molecule has 0 spiro atoms. The Balaban J connectivity index is 1.51. The van der Waals surface area contributed by atoms with E-state index in [1.807, 2.05) is 4.90 Å². The van der Waals surface area contributed by atoms with Crippen molar-refractivity contribution in [3.8, 4) is 0 Å². The average molecular weight is 328 g/mol. The van der Waals surface area contributed by atoms with Crippen molar-refractivity contribution < 1.29 is 0 Å². The van der Waals surface area contributed by atoms with Gasteiger partial charge in [0.05, 0.1) is 0 Å². The third-order valence-corrected chi connectivity index (χ3v) is 4.56. The van der Waals surface area contributed by atoms with Crippen LogP contribution < -0.4 is 21.3 Å². The van der Waals surface area contributed by atoms with Crippen molar-refractivity contribution in [1.82, 2.24) is 19.5 Å². The summed E-state index contributed by atoms with van der Waals surface area (Å²) in [7, 11) is 0. The summed E-state index contributed by atoms with van der Waals surface area (Å²) in [5, 5.41) is 3.27. The highest BCUT2D eigenvalue weighted by molar-refractivity contribution is 5.39. The van der Waals surface area contributed by atoms with Crippen molar-refractivity contribution in [3.05, 3.63) is 45.5 Å². The van der Waals surface area contributed by atoms with E-state index in [9.17, 15) is 9.59 Å². The molecule has 1 saturated carbocycles. The highest BCUT2D eigenvalue weighted by Gasteiger charge is 2.27. The number of aromatic amines is 1. The highest BCUT2D eigenvalue weighted by Crippen LogP contribution is 2.33. The lowest BCUT2D eigenvalue weighted by atomic mass is 10.1. The first-order valence-electron chi connectivity index (χ1n) is 8.34. The first-order chi connectivity index (χ1) is 11.7. The molecule has 2 aromatic rings. The Kier molecular flexibility index (Phi) is 3.79. The lowest BCUT2D eigenvalue weighted by molar-refractivity contribution is 0.522. The summed E-state index contributed by atoms with van der Waals surface area (Å²) < 4.78 is 1.76. The number of rotatable bonds is 4. The smallest absolute Gasteiger partial charge is 0.293 e. The molecule has 8 heteroatoms. The second-order valence-electron chi connectivity index (χ2n) is 6.39. The van der Waals surface area contributed by atoms with E-state index in [0.29, 0.717) is 24.2 Å². The van der Waals surface area contributed by atoms with Crippen LogP contribution in [0.3, 0.4) is 0 Å². The molecule has 0 unspecified atom stereocenters. The van der Waals surface area contributed by atoms with Gasteiger partial charge in [-0.1, -0.05) is 0 Å². The molecule has 24 heavy (non-hydrogen) atoms. The first kappa shape index (κ1) is 14.9. The first-order valence-corrected chi connectivity index (χ1v) is 8.34. The topological polar surface area (TPSA) is 95.9 Å². The number of anilines is 2. The molecule has 126 valence electrons. The minimum absolute atomic E-state index is 0.0622. The van der Waals surface area contributed by atoms with Crippen LogP contribution >= 0.6 is 0 Å². The third kappa shape index (κ3) is 2.91. The molecule has 4 rings (SSSR count). The van der Waals surface area contributed by atoms with Gasteiger partial charge in [0, 0.05) is 50.0 Å². The van der Waals surface area contributed by atoms with Crippen molar-refractivity contribution in [3.63, 3.8) is 0 Å². The number of hydrogen-bond acceptors (Lipinski definition) is 6. The van der Waals surface area contributed by atoms with Crippen molar-refractivity contribution in [2.45, 2.75) is 37.8 Å². The molecular formula is C16H20N6O2. The summed E-state index contributed by atoms with van der Waals surface area (Å²) in [6.07, 6.45) is 10.5. The summed E-state index contributed by atoms with van der Waals surface area (Å²) in [5.74, 6) is 0.826. The second kappa shape index (κ2) is 6.10. The molecule has 1 aliphatic carbocycles. The van der Waals surface area contributed by atoms with Crippen LogP contribution in [-0.4, -0.2) is 38.7 Å². The number of aromatic nitrogens is 4. The van der Waals surface area contributed by atoms with Crippen LogP contribution in [0.5, 0.6) is 0 Å². The van der Waals surface area contributed by atoms with Gasteiger partial charge >= 0.3 is 0 Å². The summed E-state index contributed by atoms with van der Waals surface area (Å²) in [6, 6.07) is 0.395. The average Bonchev–Trinajstić information content (AvgIpc) is 3.42. The Labute approximate surface area is 138 Å². The SMILES string of the molecule is O=c1[nH]ccnc1N1CCC[C@@H](Nc2nccn(C3CC3)c2=O)C1. The predicted octanol–water partition coefficient (Wildman–Crippen LogP) is 0.742. The summed E-state index contributed by atoms with van der Waals surface area (Å²) in [6.45, 7) is 1.41. The molecule has 2 N–H and O–H groups in total. The van der Waals surface area contributed by atoms with Gasteiger partial charge in [-0.3, -0.25) is 9.59 Å². The van der Waals surface area contributed by atoms with E-state index in [1.54, 1.807) is 23.2 Å². The molecule has 2 aliphatic rings. The van der Waals surface area contributed by atoms with Crippen LogP contribution in [0.1, 0.15) is 31.7 Å². The van der Waals surface area contributed by atoms with Crippen LogP contribution in [0, 0.1) is 0 Å². The molecule has 0 bridgehead atoms. The zero-order valence-electron chi connectivity index (χ0n) is 13.3. The predicted molar refractivity (Wildman–Crippen MR) is 90.5 cm³/mol. The maximum Gasteiger partial charge on any atom is 0.293 e. The van der Waals surface area contributed by atoms with Gasteiger partial charge in [-0.2, -0.15) is 0 Å². The van der Waals surface area contributed by atoms with Gasteiger partial charge in [-0.25, -0.2) is 9.97 Å². The van der Waals surface area contributed by atoms with E-state index >= 15 is 0 Å². The van der Waals surface area contributed by atoms with Gasteiger partial charge in [0.25, 0.3) is 11.1 Å². The van der Waals surface area contributed by atoms with Crippen LogP contribution in [-0.2, 0) is 0 Å². The van der Waals surface area contributed by atoms with E-state index < -0.39 is 0 Å². The van der Waals surface area contributed by atoms with Gasteiger partial charge in [0.2, 0.25) is 0 Å². The fourth-order valence-electron chi connectivity index (χ4n) is 3.21. The van der Waals surface area contributed by atoms with E-state index in [-0.39, 0.29) is 17.2 Å². The summed E-state index contributed by atoms with van der Waals surface area (Å²) >= 11 is 0. The van der Waals surface area contributed by atoms with Crippen molar-refractivity contribution in [2.75, 3.05) is 23.3 Å². The molecule has 8 nitrogen and oxygen atoms in total. The number of H-pyrrole nitrogens is 1. The summed E-state index contributed by atoms with van der Waals surface area (Å²) in [4.78, 5) is 37.4. The lowest BCUT2D eigenvalue weighted by Gasteiger charge is -2.33. The molecule has 1 aliphatic heterocycles. The standard InChI is InChI=1S/C16H20N6O2/c23-15-14(18-5-6-19-15)21-8-1-2-11(10-21)20-13-16(24)22(9-7-17-13)12-3-4-12/h5-7,9,11-12H,1-4,8,10H2,(H,17,20)(H,19,23)/t11-/m1/s1. The van der Waals surface area contributed by atoms with Gasteiger partial charge < -0.3 is 19.8 Å². The molecule has 0 aromatic carbocycles. The van der Waals surface area contributed by atoms with Gasteiger partial charge in [-0.15, -0.1) is 0 Å². The Morgan fingerprint density at radius 3 is 2.83 bits per heavy atom. The van der Waals surface area contributed by atoms with Crippen LogP contribution in [0.25, 0.3) is 0 Å². The maximum atomic E-state index is 12.5. The van der Waals surface area contributed by atoms with Gasteiger partial charge in [-0.05, 0) is 25.7 Å². The van der Waals surface area contributed by atoms with Crippen molar-refractivity contribution in [1.29, 1.82) is 0 Å². The van der Waals surface area contributed by atoms with Crippen molar-refractivity contribution >= 4 is 11.6 Å². The van der Waals surface area contributed by atoms with Crippen molar-refractivity contribution in [2.24, 2.45) is 0 Å². The Bertz CT molecular complexity index is 841.